The lowest BCUT2D eigenvalue weighted by Crippen LogP contribution is -2.32. The first-order valence-corrected chi connectivity index (χ1v) is 14.3. The fourth-order valence-corrected chi connectivity index (χ4v) is 5.95. The minimum absolute atomic E-state index is 0.0426. The van der Waals surface area contributed by atoms with E-state index in [1.807, 2.05) is 0 Å². The summed E-state index contributed by atoms with van der Waals surface area (Å²) in [5.41, 5.74) is 13.4. The summed E-state index contributed by atoms with van der Waals surface area (Å²) < 4.78 is 0. The summed E-state index contributed by atoms with van der Waals surface area (Å²) in [5, 5.41) is 3.76. The van der Waals surface area contributed by atoms with Crippen molar-refractivity contribution >= 4 is 11.4 Å². The number of allylic oxidation sites excluding steroid dienone is 3. The lowest BCUT2D eigenvalue weighted by Gasteiger charge is -2.27. The number of nitrogens with zero attached hydrogens (tertiary/aromatic N) is 1. The van der Waals surface area contributed by atoms with Crippen LogP contribution >= 0.6 is 0 Å². The number of fused-ring (bicyclic) bond motifs is 3. The van der Waals surface area contributed by atoms with Crippen LogP contribution in [-0.4, -0.2) is 11.9 Å². The highest BCUT2D eigenvalue weighted by molar-refractivity contribution is 6.13. The molecule has 4 aromatic rings. The van der Waals surface area contributed by atoms with E-state index in [0.717, 1.165) is 23.4 Å². The van der Waals surface area contributed by atoms with Gasteiger partial charge >= 0.3 is 0 Å². The molecule has 0 spiro atoms. The van der Waals surface area contributed by atoms with Crippen LogP contribution in [0.15, 0.2) is 132 Å². The minimum Gasteiger partial charge on any atom is -0.360 e. The van der Waals surface area contributed by atoms with Gasteiger partial charge in [0.15, 0.2) is 0 Å². The Morgan fingerprint density at radius 3 is 2.17 bits per heavy atom. The lowest BCUT2D eigenvalue weighted by molar-refractivity contribution is 0.659. The summed E-state index contributed by atoms with van der Waals surface area (Å²) in [5.74, 6) is 0. The van der Waals surface area contributed by atoms with Gasteiger partial charge in [-0.3, -0.25) is 4.99 Å². The Labute approximate surface area is 238 Å². The molecule has 0 unspecified atom stereocenters. The molecule has 2 aliphatic rings. The van der Waals surface area contributed by atoms with Crippen molar-refractivity contribution in [2.45, 2.75) is 45.7 Å². The molecule has 1 atom stereocenters. The zero-order valence-electron chi connectivity index (χ0n) is 23.8. The summed E-state index contributed by atoms with van der Waals surface area (Å²) in [6.07, 6.45) is 9.60. The van der Waals surface area contributed by atoms with Crippen LogP contribution in [0.4, 0.5) is 0 Å². The molecule has 0 saturated carbocycles. The summed E-state index contributed by atoms with van der Waals surface area (Å²) >= 11 is 0. The largest absolute Gasteiger partial charge is 0.360 e. The van der Waals surface area contributed by atoms with Crippen LogP contribution in [0.1, 0.15) is 56.4 Å². The molecule has 1 aliphatic heterocycles. The van der Waals surface area contributed by atoms with Gasteiger partial charge in [0.25, 0.3) is 0 Å². The highest BCUT2D eigenvalue weighted by atomic mass is 15.1. The first-order chi connectivity index (χ1) is 19.5. The van der Waals surface area contributed by atoms with Crippen LogP contribution in [0.25, 0.3) is 28.0 Å². The van der Waals surface area contributed by atoms with Crippen molar-refractivity contribution in [2.75, 3.05) is 0 Å². The predicted octanol–water partition coefficient (Wildman–Crippen LogP) is 9.33. The fraction of sp³-hybridized carbons (Fsp3) is 0.184. The quantitative estimate of drug-likeness (QED) is 0.252. The Hall–Kier alpha value is -4.43. The Balaban J connectivity index is 1.41. The van der Waals surface area contributed by atoms with Crippen molar-refractivity contribution in [2.24, 2.45) is 4.99 Å². The Bertz CT molecular complexity index is 1660. The summed E-state index contributed by atoms with van der Waals surface area (Å²) in [6.45, 7) is 8.92. The molecule has 0 amide bonds. The molecular weight excluding hydrogens is 484 g/mol. The first kappa shape index (κ1) is 25.8. The van der Waals surface area contributed by atoms with Gasteiger partial charge in [0.2, 0.25) is 0 Å². The average Bonchev–Trinajstić information content (AvgIpc) is 3.24. The Morgan fingerprint density at radius 1 is 0.775 bits per heavy atom. The van der Waals surface area contributed by atoms with Gasteiger partial charge in [0, 0.05) is 11.1 Å². The molecule has 4 aromatic carbocycles. The highest BCUT2D eigenvalue weighted by Gasteiger charge is 2.35. The third-order valence-corrected chi connectivity index (χ3v) is 8.22. The van der Waals surface area contributed by atoms with E-state index in [1.165, 1.54) is 44.5 Å². The van der Waals surface area contributed by atoms with Crippen LogP contribution in [0.2, 0.25) is 0 Å². The van der Waals surface area contributed by atoms with E-state index in [1.54, 1.807) is 0 Å². The Morgan fingerprint density at radius 2 is 1.43 bits per heavy atom. The number of benzene rings is 4. The second-order valence-corrected chi connectivity index (χ2v) is 11.1. The average molecular weight is 521 g/mol. The van der Waals surface area contributed by atoms with E-state index in [4.69, 9.17) is 4.99 Å². The molecule has 1 aliphatic carbocycles. The summed E-state index contributed by atoms with van der Waals surface area (Å²) in [6, 6.07) is 35.0. The zero-order valence-corrected chi connectivity index (χ0v) is 23.8. The van der Waals surface area contributed by atoms with Crippen molar-refractivity contribution in [3.8, 4) is 22.3 Å². The van der Waals surface area contributed by atoms with E-state index in [9.17, 15) is 0 Å². The van der Waals surface area contributed by atoms with Gasteiger partial charge in [0.05, 0.1) is 5.71 Å². The maximum atomic E-state index is 5.20. The molecule has 1 heterocycles. The second kappa shape index (κ2) is 10.6. The topological polar surface area (TPSA) is 24.4 Å². The van der Waals surface area contributed by atoms with Crippen LogP contribution < -0.4 is 5.32 Å². The molecule has 0 bridgehead atoms. The van der Waals surface area contributed by atoms with E-state index >= 15 is 0 Å². The van der Waals surface area contributed by atoms with Crippen LogP contribution in [-0.2, 0) is 5.41 Å². The smallest absolute Gasteiger partial charge is 0.145 e. The van der Waals surface area contributed by atoms with Gasteiger partial charge in [0.1, 0.15) is 6.17 Å². The van der Waals surface area contributed by atoms with Crippen molar-refractivity contribution in [3.63, 3.8) is 0 Å². The predicted molar refractivity (Wildman–Crippen MR) is 171 cm³/mol. The minimum atomic E-state index is -0.157. The van der Waals surface area contributed by atoms with E-state index in [0.29, 0.717) is 0 Å². The standard InChI is InChI=1S/C38H36N2/c1-5-7-13-26(6-2)37-39-35(29-20-18-28(19-21-29)27-14-9-8-10-15-27)25-36(40-37)30-22-23-32-31-16-11-12-17-33(31)38(3,4)34(32)24-30/h6-25,37,40H,5H2,1-4H3/b13-7-,26-6+/t37-/m1/s1. The molecule has 0 fully saturated rings. The number of hydrogen-bond donors (Lipinski definition) is 1. The number of rotatable bonds is 6. The highest BCUT2D eigenvalue weighted by Crippen LogP contribution is 2.49. The molecule has 2 heteroatoms. The van der Waals surface area contributed by atoms with Crippen molar-refractivity contribution in [1.82, 2.24) is 5.32 Å². The van der Waals surface area contributed by atoms with Gasteiger partial charge < -0.3 is 5.32 Å². The van der Waals surface area contributed by atoms with Gasteiger partial charge in [-0.25, -0.2) is 0 Å². The van der Waals surface area contributed by atoms with E-state index in [-0.39, 0.29) is 11.6 Å². The molecule has 0 radical (unpaired) electrons. The van der Waals surface area contributed by atoms with E-state index < -0.39 is 0 Å². The molecule has 198 valence electrons. The number of hydrogen-bond acceptors (Lipinski definition) is 2. The van der Waals surface area contributed by atoms with Gasteiger partial charge in [-0.05, 0) is 75.6 Å². The lowest BCUT2D eigenvalue weighted by atomic mass is 9.82. The second-order valence-electron chi connectivity index (χ2n) is 11.1. The maximum absolute atomic E-state index is 5.20. The zero-order chi connectivity index (χ0) is 27.7. The van der Waals surface area contributed by atoms with Gasteiger partial charge in [-0.15, -0.1) is 0 Å². The molecule has 1 N–H and O–H groups in total. The fourth-order valence-electron chi connectivity index (χ4n) is 5.95. The Kier molecular flexibility index (Phi) is 6.86. The van der Waals surface area contributed by atoms with E-state index in [2.05, 4.69) is 154 Å². The summed E-state index contributed by atoms with van der Waals surface area (Å²) in [4.78, 5) is 5.20. The molecular formula is C38H36N2. The van der Waals surface area contributed by atoms with Gasteiger partial charge in [-0.1, -0.05) is 130 Å². The monoisotopic (exact) mass is 520 g/mol. The number of aliphatic imine (C=N–C) groups is 1. The maximum Gasteiger partial charge on any atom is 0.145 e. The summed E-state index contributed by atoms with van der Waals surface area (Å²) in [7, 11) is 0. The van der Waals surface area contributed by atoms with Crippen LogP contribution in [0.3, 0.4) is 0 Å². The normalized spacial score (nSPS) is 17.6. The molecule has 0 saturated heterocycles. The van der Waals surface area contributed by atoms with Crippen molar-refractivity contribution < 1.29 is 0 Å². The van der Waals surface area contributed by atoms with Crippen molar-refractivity contribution in [3.05, 3.63) is 149 Å². The molecule has 2 nitrogen and oxygen atoms in total. The molecule has 0 aromatic heterocycles. The first-order valence-electron chi connectivity index (χ1n) is 14.3. The van der Waals surface area contributed by atoms with Crippen molar-refractivity contribution in [1.29, 1.82) is 0 Å². The third kappa shape index (κ3) is 4.64. The van der Waals surface area contributed by atoms with Gasteiger partial charge in [-0.2, -0.15) is 0 Å². The van der Waals surface area contributed by atoms with Crippen LogP contribution in [0.5, 0.6) is 0 Å². The SMILES string of the molecule is C/C=C(\C=C/CC)[C@@H]1N=C(c2ccc(-c3ccccc3)cc2)C=C(c2ccc3c(c2)C(C)(C)c2ccccc2-3)N1. The molecule has 6 rings (SSSR count). The molecule has 40 heavy (non-hydrogen) atoms. The van der Waals surface area contributed by atoms with Crippen LogP contribution in [0, 0.1) is 0 Å². The third-order valence-electron chi connectivity index (χ3n) is 8.22. The number of nitrogens with one attached hydrogen (secondary N) is 1.